The van der Waals surface area contributed by atoms with Crippen molar-refractivity contribution >= 4 is 0 Å². The van der Waals surface area contributed by atoms with Gasteiger partial charge in [-0.2, -0.15) is 0 Å². The summed E-state index contributed by atoms with van der Waals surface area (Å²) in [5, 5.41) is 0. The molecule has 0 radical (unpaired) electrons. The molecule has 0 aromatic rings. The van der Waals surface area contributed by atoms with Crippen molar-refractivity contribution in [2.45, 2.75) is 27.7 Å². The van der Waals surface area contributed by atoms with Crippen LogP contribution < -0.4 is 0 Å². The van der Waals surface area contributed by atoms with Gasteiger partial charge in [0.1, 0.15) is 0 Å². The molecule has 0 bridgehead atoms. The molecule has 0 saturated heterocycles. The van der Waals surface area contributed by atoms with Gasteiger partial charge in [-0.15, -0.1) is 6.42 Å². The van der Waals surface area contributed by atoms with E-state index in [2.05, 4.69) is 33.3 Å². The van der Waals surface area contributed by atoms with Gasteiger partial charge < -0.3 is 0 Å². The molecule has 0 N–H and O–H groups in total. The van der Waals surface area contributed by atoms with Gasteiger partial charge in [-0.1, -0.05) is 45.4 Å². The Labute approximate surface area is 82.0 Å². The zero-order chi connectivity index (χ0) is 10.5. The molecule has 0 aromatic carbocycles. The fourth-order valence-corrected chi connectivity index (χ4v) is 0.668. The first kappa shape index (κ1) is 11.8. The smallest absolute Gasteiger partial charge is 0.0200 e. The first-order valence-electron chi connectivity index (χ1n) is 4.42. The Morgan fingerprint density at radius 3 is 2.15 bits per heavy atom. The molecular weight excluding hydrogens is 156 g/mol. The van der Waals surface area contributed by atoms with Crippen molar-refractivity contribution in [1.82, 2.24) is 0 Å². The largest absolute Gasteiger partial charge is 0.115 e. The predicted octanol–water partition coefficient (Wildman–Crippen LogP) is 3.72. The quantitative estimate of drug-likeness (QED) is 0.442. The van der Waals surface area contributed by atoms with Crippen molar-refractivity contribution in [3.63, 3.8) is 0 Å². The summed E-state index contributed by atoms with van der Waals surface area (Å²) < 4.78 is 0. The van der Waals surface area contributed by atoms with Crippen molar-refractivity contribution in [3.8, 4) is 12.3 Å². The molecule has 0 atom stereocenters. The van der Waals surface area contributed by atoms with E-state index in [4.69, 9.17) is 6.42 Å². The van der Waals surface area contributed by atoms with Crippen LogP contribution in [0.5, 0.6) is 0 Å². The topological polar surface area (TPSA) is 0 Å². The lowest BCUT2D eigenvalue weighted by Gasteiger charge is -2.18. The molecule has 0 rings (SSSR count). The van der Waals surface area contributed by atoms with Crippen LogP contribution in [0.1, 0.15) is 27.7 Å². The minimum absolute atomic E-state index is 0.115. The summed E-state index contributed by atoms with van der Waals surface area (Å²) in [6.45, 7) is 12.3. The summed E-state index contributed by atoms with van der Waals surface area (Å²) in [7, 11) is 0. The van der Waals surface area contributed by atoms with Crippen molar-refractivity contribution in [3.05, 3.63) is 36.0 Å². The fraction of sp³-hybridized carbons (Fsp3) is 0.385. The molecule has 13 heavy (non-hydrogen) atoms. The molecular formula is C13H18. The molecule has 70 valence electrons. The SMILES string of the molecule is C#CC(C=CC(=C)C(C)(C)C)=CC. The summed E-state index contributed by atoms with van der Waals surface area (Å²) in [5.74, 6) is 2.59. The number of hydrogen-bond donors (Lipinski definition) is 0. The van der Waals surface area contributed by atoms with Crippen LogP contribution in [0.25, 0.3) is 0 Å². The Hall–Kier alpha value is -1.22. The lowest BCUT2D eigenvalue weighted by Crippen LogP contribution is -2.05. The summed E-state index contributed by atoms with van der Waals surface area (Å²) in [6.07, 6.45) is 11.1. The molecule has 0 spiro atoms. The van der Waals surface area contributed by atoms with E-state index in [1.165, 1.54) is 0 Å². The first-order valence-corrected chi connectivity index (χ1v) is 4.42. The zero-order valence-electron chi connectivity index (χ0n) is 9.02. The van der Waals surface area contributed by atoms with Gasteiger partial charge >= 0.3 is 0 Å². The van der Waals surface area contributed by atoms with Crippen LogP contribution in [0, 0.1) is 17.8 Å². The number of rotatable bonds is 2. The number of hydrogen-bond acceptors (Lipinski definition) is 0. The van der Waals surface area contributed by atoms with Gasteiger partial charge in [-0.25, -0.2) is 0 Å². The first-order chi connectivity index (χ1) is 5.91. The van der Waals surface area contributed by atoms with E-state index in [0.717, 1.165) is 11.1 Å². The van der Waals surface area contributed by atoms with Gasteiger partial charge in [-0.05, 0) is 24.0 Å². The summed E-state index contributed by atoms with van der Waals surface area (Å²) in [5.41, 5.74) is 2.09. The standard InChI is InChI=1S/C13H18/c1-7-12(8-2)10-9-11(3)13(4,5)6/h1,8-10H,3H2,2,4-6H3. The van der Waals surface area contributed by atoms with E-state index in [-0.39, 0.29) is 5.41 Å². The highest BCUT2D eigenvalue weighted by Gasteiger charge is 2.11. The lowest BCUT2D eigenvalue weighted by molar-refractivity contribution is 0.519. The normalized spacial score (nSPS) is 13.0. The highest BCUT2D eigenvalue weighted by molar-refractivity contribution is 5.39. The average molecular weight is 174 g/mol. The van der Waals surface area contributed by atoms with Crippen LogP contribution in [0.3, 0.4) is 0 Å². The second kappa shape index (κ2) is 4.72. The van der Waals surface area contributed by atoms with Crippen LogP contribution in [-0.4, -0.2) is 0 Å². The van der Waals surface area contributed by atoms with Crippen LogP contribution in [-0.2, 0) is 0 Å². The fourth-order valence-electron chi connectivity index (χ4n) is 0.668. The maximum Gasteiger partial charge on any atom is 0.0200 e. The van der Waals surface area contributed by atoms with Crippen LogP contribution in [0.4, 0.5) is 0 Å². The second-order valence-corrected chi connectivity index (χ2v) is 4.00. The molecule has 0 aromatic heterocycles. The number of allylic oxidation sites excluding steroid dienone is 5. The minimum Gasteiger partial charge on any atom is -0.115 e. The van der Waals surface area contributed by atoms with Crippen LogP contribution in [0.2, 0.25) is 0 Å². The van der Waals surface area contributed by atoms with Gasteiger partial charge in [-0.3, -0.25) is 0 Å². The van der Waals surface area contributed by atoms with Crippen molar-refractivity contribution < 1.29 is 0 Å². The zero-order valence-corrected chi connectivity index (χ0v) is 9.02. The monoisotopic (exact) mass is 174 g/mol. The lowest BCUT2D eigenvalue weighted by atomic mass is 9.87. The predicted molar refractivity (Wildman–Crippen MR) is 60.3 cm³/mol. The second-order valence-electron chi connectivity index (χ2n) is 4.00. The Kier molecular flexibility index (Phi) is 4.28. The molecule has 0 fully saturated rings. The van der Waals surface area contributed by atoms with Gasteiger partial charge in [0.2, 0.25) is 0 Å². The maximum absolute atomic E-state index is 5.28. The molecule has 0 aliphatic rings. The maximum atomic E-state index is 5.28. The van der Waals surface area contributed by atoms with Crippen LogP contribution in [0.15, 0.2) is 36.0 Å². The average Bonchev–Trinajstić information content (AvgIpc) is 2.04. The third-order valence-corrected chi connectivity index (χ3v) is 1.91. The Morgan fingerprint density at radius 2 is 1.85 bits per heavy atom. The molecule has 0 nitrogen and oxygen atoms in total. The molecule has 0 amide bonds. The Morgan fingerprint density at radius 1 is 1.31 bits per heavy atom. The van der Waals surface area contributed by atoms with E-state index in [0.29, 0.717) is 0 Å². The molecule has 0 heterocycles. The van der Waals surface area contributed by atoms with Gasteiger partial charge in [0.05, 0.1) is 0 Å². The summed E-state index contributed by atoms with van der Waals surface area (Å²) >= 11 is 0. The number of terminal acetylenes is 1. The van der Waals surface area contributed by atoms with Gasteiger partial charge in [0, 0.05) is 5.57 Å². The van der Waals surface area contributed by atoms with E-state index >= 15 is 0 Å². The van der Waals surface area contributed by atoms with E-state index < -0.39 is 0 Å². The van der Waals surface area contributed by atoms with Crippen molar-refractivity contribution in [2.24, 2.45) is 5.41 Å². The van der Waals surface area contributed by atoms with Crippen molar-refractivity contribution in [1.29, 1.82) is 0 Å². The van der Waals surface area contributed by atoms with Crippen molar-refractivity contribution in [2.75, 3.05) is 0 Å². The third kappa shape index (κ3) is 4.38. The van der Waals surface area contributed by atoms with Crippen LogP contribution >= 0.6 is 0 Å². The van der Waals surface area contributed by atoms with Gasteiger partial charge in [0.15, 0.2) is 0 Å². The highest BCUT2D eigenvalue weighted by atomic mass is 14.2. The van der Waals surface area contributed by atoms with Gasteiger partial charge in [0.25, 0.3) is 0 Å². The molecule has 0 aliphatic heterocycles. The molecule has 0 heteroatoms. The summed E-state index contributed by atoms with van der Waals surface area (Å²) in [4.78, 5) is 0. The molecule has 0 unspecified atom stereocenters. The van der Waals surface area contributed by atoms with E-state index in [1.54, 1.807) is 0 Å². The highest BCUT2D eigenvalue weighted by Crippen LogP contribution is 2.24. The Bertz CT molecular complexity index is 274. The third-order valence-electron chi connectivity index (χ3n) is 1.91. The van der Waals surface area contributed by atoms with E-state index in [9.17, 15) is 0 Å². The molecule has 0 saturated carbocycles. The Balaban J connectivity index is 4.49. The van der Waals surface area contributed by atoms with E-state index in [1.807, 2.05) is 25.2 Å². The molecule has 0 aliphatic carbocycles. The summed E-state index contributed by atoms with van der Waals surface area (Å²) in [6, 6.07) is 0. The minimum atomic E-state index is 0.115.